The van der Waals surface area contributed by atoms with Crippen LogP contribution in [0.2, 0.25) is 0 Å². The van der Waals surface area contributed by atoms with Crippen molar-refractivity contribution in [1.82, 2.24) is 24.2 Å². The quantitative estimate of drug-likeness (QED) is 0.329. The van der Waals surface area contributed by atoms with Crippen molar-refractivity contribution in [2.24, 2.45) is 0 Å². The summed E-state index contributed by atoms with van der Waals surface area (Å²) in [5.41, 5.74) is 7.24. The molecule has 0 amide bonds. The number of rotatable bonds is 7. The number of nitrogen functional groups attached to an aromatic ring is 1. The van der Waals surface area contributed by atoms with Crippen LogP contribution in [0.3, 0.4) is 0 Å². The number of nitrogens with zero attached hydrogens (tertiary/aromatic N) is 4. The Morgan fingerprint density at radius 1 is 1.26 bits per heavy atom. The molecule has 166 valence electrons. The second-order valence-electron chi connectivity index (χ2n) is 7.19. The van der Waals surface area contributed by atoms with E-state index in [-0.39, 0.29) is 36.9 Å². The predicted molar refractivity (Wildman–Crippen MR) is 120 cm³/mol. The van der Waals surface area contributed by atoms with Crippen LogP contribution in [-0.4, -0.2) is 46.5 Å². The van der Waals surface area contributed by atoms with Crippen LogP contribution in [0.5, 0.6) is 11.5 Å². The van der Waals surface area contributed by atoms with Crippen LogP contribution in [0, 0.1) is 9.65 Å². The van der Waals surface area contributed by atoms with Crippen LogP contribution < -0.4 is 19.9 Å². The molecule has 0 aliphatic carbocycles. The molecule has 0 bridgehead atoms. The van der Waals surface area contributed by atoms with Gasteiger partial charge in [0, 0.05) is 23.1 Å². The molecule has 2 aromatic heterocycles. The second-order valence-corrected chi connectivity index (χ2v) is 10.7. The highest BCUT2D eigenvalue weighted by Gasteiger charge is 2.22. The normalized spacial score (nSPS) is 13.5. The minimum atomic E-state index is -3.45. The fourth-order valence-electron chi connectivity index (χ4n) is 3.14. The molecule has 0 atom stereocenters. The Hall–Kier alpha value is -2.26. The van der Waals surface area contributed by atoms with Crippen molar-refractivity contribution in [3.05, 3.63) is 33.2 Å². The van der Waals surface area contributed by atoms with E-state index >= 15 is 0 Å². The number of anilines is 1. The molecule has 0 radical (unpaired) electrons. The van der Waals surface area contributed by atoms with Gasteiger partial charge in [-0.25, -0.2) is 18.1 Å². The molecule has 3 aromatic rings. The Balaban J connectivity index is 1.71. The zero-order valence-corrected chi connectivity index (χ0v) is 19.7. The highest BCUT2D eigenvalue weighted by molar-refractivity contribution is 14.1. The zero-order valence-electron chi connectivity index (χ0n) is 16.7. The first kappa shape index (κ1) is 22.0. The third-order valence-electron chi connectivity index (χ3n) is 4.82. The average Bonchev–Trinajstić information content (AvgIpc) is 3.27. The van der Waals surface area contributed by atoms with Gasteiger partial charge in [0.15, 0.2) is 28.5 Å². The largest absolute Gasteiger partial charge is 0.454 e. The summed E-state index contributed by atoms with van der Waals surface area (Å²) in [5, 5.41) is -0.572. The first-order valence-electron chi connectivity index (χ1n) is 9.40. The number of hydrogen-bond donors (Lipinski definition) is 2. The predicted octanol–water partition coefficient (Wildman–Crippen LogP) is 1.80. The third-order valence-corrected chi connectivity index (χ3v) is 7.67. The minimum absolute atomic E-state index is 0.0781. The van der Waals surface area contributed by atoms with Gasteiger partial charge < -0.3 is 19.8 Å². The van der Waals surface area contributed by atoms with Gasteiger partial charge in [-0.2, -0.15) is 14.4 Å². The van der Waals surface area contributed by atoms with Crippen LogP contribution in [-0.2, 0) is 23.0 Å². The SMILES string of the molecule is CC(C)S(=O)(=O)NCCn1c(Cc2cc3c(cc2I)OCO3)nc2c(N)nc(F)nc21. The van der Waals surface area contributed by atoms with Gasteiger partial charge in [-0.15, -0.1) is 0 Å². The molecule has 10 nitrogen and oxygen atoms in total. The Bertz CT molecular complexity index is 1260. The molecule has 0 unspecified atom stereocenters. The standard InChI is InChI=1S/C18H20FIN6O4S/c1-9(2)31(27,28)22-3-4-26-14(23-15-16(21)24-18(19)25-17(15)26)6-10-5-12-13(7-11(10)20)30-8-29-12/h5,7,9,22H,3-4,6,8H2,1-2H3,(H2,21,24,25). The van der Waals surface area contributed by atoms with Crippen molar-refractivity contribution in [2.45, 2.75) is 32.1 Å². The van der Waals surface area contributed by atoms with Gasteiger partial charge in [-0.1, -0.05) is 0 Å². The number of halogens is 2. The summed E-state index contributed by atoms with van der Waals surface area (Å²) < 4.78 is 54.0. The van der Waals surface area contributed by atoms with Crippen molar-refractivity contribution in [3.8, 4) is 11.5 Å². The average molecular weight is 562 g/mol. The molecule has 0 fully saturated rings. The van der Waals surface area contributed by atoms with Gasteiger partial charge in [0.2, 0.25) is 16.8 Å². The minimum Gasteiger partial charge on any atom is -0.454 e. The van der Waals surface area contributed by atoms with E-state index < -0.39 is 21.4 Å². The van der Waals surface area contributed by atoms with E-state index in [0.29, 0.717) is 23.7 Å². The first-order valence-corrected chi connectivity index (χ1v) is 12.0. The van der Waals surface area contributed by atoms with Crippen LogP contribution >= 0.6 is 22.6 Å². The Labute approximate surface area is 191 Å². The second kappa shape index (κ2) is 8.35. The van der Waals surface area contributed by atoms with Crippen molar-refractivity contribution in [3.63, 3.8) is 0 Å². The van der Waals surface area contributed by atoms with Gasteiger partial charge in [0.25, 0.3) is 0 Å². The fraction of sp³-hybridized carbons (Fsp3) is 0.389. The van der Waals surface area contributed by atoms with Gasteiger partial charge in [0.05, 0.1) is 5.25 Å². The molecule has 1 aliphatic heterocycles. The maximum Gasteiger partial charge on any atom is 0.312 e. The summed E-state index contributed by atoms with van der Waals surface area (Å²) in [6, 6.07) is 3.74. The molecule has 4 rings (SSSR count). The molecule has 3 heterocycles. The smallest absolute Gasteiger partial charge is 0.312 e. The molecular formula is C18H20FIN6O4S. The fourth-order valence-corrected chi connectivity index (χ4v) is 4.48. The monoisotopic (exact) mass is 562 g/mol. The summed E-state index contributed by atoms with van der Waals surface area (Å²) in [5.74, 6) is 1.77. The lowest BCUT2D eigenvalue weighted by atomic mass is 10.1. The summed E-state index contributed by atoms with van der Waals surface area (Å²) in [7, 11) is -3.45. The summed E-state index contributed by atoms with van der Waals surface area (Å²) in [4.78, 5) is 11.9. The van der Waals surface area contributed by atoms with Crippen molar-refractivity contribution < 1.29 is 22.3 Å². The topological polar surface area (TPSA) is 134 Å². The highest BCUT2D eigenvalue weighted by Crippen LogP contribution is 2.36. The van der Waals surface area contributed by atoms with Crippen LogP contribution in [0.1, 0.15) is 25.2 Å². The molecular weight excluding hydrogens is 542 g/mol. The van der Waals surface area contributed by atoms with E-state index in [9.17, 15) is 12.8 Å². The molecule has 0 spiro atoms. The molecule has 0 saturated carbocycles. The van der Waals surface area contributed by atoms with E-state index in [1.165, 1.54) is 0 Å². The summed E-state index contributed by atoms with van der Waals surface area (Å²) in [6.45, 7) is 3.61. The highest BCUT2D eigenvalue weighted by atomic mass is 127. The third kappa shape index (κ3) is 4.39. The maximum absolute atomic E-state index is 13.9. The number of sulfonamides is 1. The summed E-state index contributed by atoms with van der Waals surface area (Å²) >= 11 is 2.19. The molecule has 1 aliphatic rings. The first-order chi connectivity index (χ1) is 14.7. The van der Waals surface area contributed by atoms with E-state index in [1.807, 2.05) is 12.1 Å². The maximum atomic E-state index is 13.9. The number of ether oxygens (including phenoxy) is 2. The Morgan fingerprint density at radius 3 is 2.68 bits per heavy atom. The van der Waals surface area contributed by atoms with Crippen LogP contribution in [0.4, 0.5) is 10.2 Å². The molecule has 13 heteroatoms. The lowest BCUT2D eigenvalue weighted by molar-refractivity contribution is 0.174. The Kier molecular flexibility index (Phi) is 5.91. The number of fused-ring (bicyclic) bond motifs is 2. The molecule has 1 aromatic carbocycles. The number of nitrogens with two attached hydrogens (primary N) is 1. The van der Waals surface area contributed by atoms with E-state index in [0.717, 1.165) is 9.13 Å². The van der Waals surface area contributed by atoms with Crippen molar-refractivity contribution in [1.29, 1.82) is 0 Å². The van der Waals surface area contributed by atoms with Gasteiger partial charge in [-0.05, 0) is 54.1 Å². The number of benzene rings is 1. The summed E-state index contributed by atoms with van der Waals surface area (Å²) in [6.07, 6.45) is -0.610. The van der Waals surface area contributed by atoms with Crippen molar-refractivity contribution >= 4 is 49.6 Å². The lowest BCUT2D eigenvalue weighted by Gasteiger charge is -2.13. The van der Waals surface area contributed by atoms with E-state index in [4.69, 9.17) is 15.2 Å². The number of nitrogens with one attached hydrogen (secondary N) is 1. The van der Waals surface area contributed by atoms with Gasteiger partial charge >= 0.3 is 6.08 Å². The number of imidazole rings is 1. The number of aromatic nitrogens is 4. The Morgan fingerprint density at radius 2 is 1.97 bits per heavy atom. The van der Waals surface area contributed by atoms with E-state index in [2.05, 4.69) is 42.3 Å². The van der Waals surface area contributed by atoms with Crippen LogP contribution in [0.25, 0.3) is 11.2 Å². The zero-order chi connectivity index (χ0) is 22.3. The van der Waals surface area contributed by atoms with E-state index in [1.54, 1.807) is 18.4 Å². The molecule has 31 heavy (non-hydrogen) atoms. The van der Waals surface area contributed by atoms with Gasteiger partial charge in [-0.3, -0.25) is 0 Å². The number of hydrogen-bond acceptors (Lipinski definition) is 8. The molecule has 3 N–H and O–H groups in total. The van der Waals surface area contributed by atoms with Crippen molar-refractivity contribution in [2.75, 3.05) is 19.1 Å². The van der Waals surface area contributed by atoms with Crippen LogP contribution in [0.15, 0.2) is 12.1 Å². The molecule has 0 saturated heterocycles. The van der Waals surface area contributed by atoms with Gasteiger partial charge in [0.1, 0.15) is 5.82 Å². The lowest BCUT2D eigenvalue weighted by Crippen LogP contribution is -2.33.